The third-order valence-corrected chi connectivity index (χ3v) is 4.75. The Labute approximate surface area is 135 Å². The number of amides is 1. The third-order valence-electron chi connectivity index (χ3n) is 4.21. The Balaban J connectivity index is 1.83. The van der Waals surface area contributed by atoms with E-state index in [1.807, 2.05) is 47.7 Å². The number of nitrogens with zero attached hydrogens (tertiary/aromatic N) is 3. The van der Waals surface area contributed by atoms with Gasteiger partial charge in [-0.25, -0.2) is 4.68 Å². The van der Waals surface area contributed by atoms with E-state index in [1.165, 1.54) is 6.42 Å². The van der Waals surface area contributed by atoms with Gasteiger partial charge in [0.2, 0.25) is 0 Å². The minimum absolute atomic E-state index is 0.123. The van der Waals surface area contributed by atoms with Crippen LogP contribution in [0.4, 0.5) is 0 Å². The molecule has 116 valence electrons. The molecule has 1 aromatic heterocycles. The summed E-state index contributed by atoms with van der Waals surface area (Å²) < 4.78 is 1.81. The van der Waals surface area contributed by atoms with Gasteiger partial charge in [0.1, 0.15) is 0 Å². The fourth-order valence-electron chi connectivity index (χ4n) is 2.90. The van der Waals surface area contributed by atoms with E-state index in [-0.39, 0.29) is 5.91 Å². The van der Waals surface area contributed by atoms with Gasteiger partial charge in [0, 0.05) is 18.7 Å². The molecule has 1 aliphatic rings. The number of piperidine rings is 1. The van der Waals surface area contributed by atoms with Gasteiger partial charge in [-0.1, -0.05) is 11.6 Å². The fraction of sp³-hybridized carbons (Fsp3) is 0.412. The summed E-state index contributed by atoms with van der Waals surface area (Å²) in [5, 5.41) is 5.12. The zero-order valence-corrected chi connectivity index (χ0v) is 13.7. The topological polar surface area (TPSA) is 38.1 Å². The van der Waals surface area contributed by atoms with E-state index >= 15 is 0 Å². The maximum absolute atomic E-state index is 12.5. The molecule has 0 aliphatic carbocycles. The van der Waals surface area contributed by atoms with Crippen LogP contribution < -0.4 is 0 Å². The SMILES string of the molecule is Cc1nn(-c2ccc(C(=O)N3CCCCC3)cc2)c(C)c1Cl. The summed E-state index contributed by atoms with van der Waals surface area (Å²) in [5.74, 6) is 0.123. The molecular weight excluding hydrogens is 298 g/mol. The van der Waals surface area contributed by atoms with Crippen LogP contribution in [0.5, 0.6) is 0 Å². The second-order valence-electron chi connectivity index (χ2n) is 5.80. The van der Waals surface area contributed by atoms with Crippen molar-refractivity contribution in [2.75, 3.05) is 13.1 Å². The van der Waals surface area contributed by atoms with Crippen molar-refractivity contribution in [3.05, 3.63) is 46.2 Å². The summed E-state index contributed by atoms with van der Waals surface area (Å²) in [7, 11) is 0. The molecule has 5 heteroatoms. The van der Waals surface area contributed by atoms with Crippen molar-refractivity contribution in [1.82, 2.24) is 14.7 Å². The molecule has 1 saturated heterocycles. The molecule has 1 fully saturated rings. The van der Waals surface area contributed by atoms with Gasteiger partial charge >= 0.3 is 0 Å². The van der Waals surface area contributed by atoms with Gasteiger partial charge in [-0.3, -0.25) is 4.79 Å². The monoisotopic (exact) mass is 317 g/mol. The van der Waals surface area contributed by atoms with Gasteiger partial charge in [-0.05, 0) is 57.4 Å². The summed E-state index contributed by atoms with van der Waals surface area (Å²) in [6.45, 7) is 5.57. The standard InChI is InChI=1S/C17H20ClN3O/c1-12-16(18)13(2)21(19-12)15-8-6-14(7-9-15)17(22)20-10-4-3-5-11-20/h6-9H,3-5,10-11H2,1-2H3. The van der Waals surface area contributed by atoms with Crippen molar-refractivity contribution in [2.45, 2.75) is 33.1 Å². The summed E-state index contributed by atoms with van der Waals surface area (Å²) in [6.07, 6.45) is 3.43. The number of rotatable bonds is 2. The highest BCUT2D eigenvalue weighted by atomic mass is 35.5. The Morgan fingerprint density at radius 3 is 2.27 bits per heavy atom. The van der Waals surface area contributed by atoms with Crippen molar-refractivity contribution in [3.63, 3.8) is 0 Å². The normalized spacial score (nSPS) is 15.1. The highest BCUT2D eigenvalue weighted by Crippen LogP contribution is 2.23. The van der Waals surface area contributed by atoms with Crippen LogP contribution >= 0.6 is 11.6 Å². The first-order valence-corrected chi connectivity index (χ1v) is 8.07. The Morgan fingerprint density at radius 2 is 1.73 bits per heavy atom. The molecular formula is C17H20ClN3O. The first-order valence-electron chi connectivity index (χ1n) is 7.69. The van der Waals surface area contributed by atoms with Crippen LogP contribution in [0, 0.1) is 13.8 Å². The average molecular weight is 318 g/mol. The highest BCUT2D eigenvalue weighted by Gasteiger charge is 2.18. The molecule has 1 aliphatic heterocycles. The van der Waals surface area contributed by atoms with Crippen LogP contribution in [0.3, 0.4) is 0 Å². The van der Waals surface area contributed by atoms with Crippen LogP contribution in [-0.4, -0.2) is 33.7 Å². The highest BCUT2D eigenvalue weighted by molar-refractivity contribution is 6.31. The van der Waals surface area contributed by atoms with E-state index in [4.69, 9.17) is 11.6 Å². The summed E-state index contributed by atoms with van der Waals surface area (Å²) >= 11 is 6.19. The predicted molar refractivity (Wildman–Crippen MR) is 87.8 cm³/mol. The molecule has 0 radical (unpaired) electrons. The largest absolute Gasteiger partial charge is 0.339 e. The lowest BCUT2D eigenvalue weighted by molar-refractivity contribution is 0.0724. The van der Waals surface area contributed by atoms with E-state index in [2.05, 4.69) is 5.10 Å². The zero-order chi connectivity index (χ0) is 15.7. The van der Waals surface area contributed by atoms with Crippen LogP contribution in [-0.2, 0) is 0 Å². The van der Waals surface area contributed by atoms with Gasteiger partial charge in [-0.15, -0.1) is 0 Å². The van der Waals surface area contributed by atoms with Gasteiger partial charge < -0.3 is 4.90 Å². The lowest BCUT2D eigenvalue weighted by Crippen LogP contribution is -2.35. The second kappa shape index (κ2) is 6.13. The number of hydrogen-bond donors (Lipinski definition) is 0. The molecule has 0 spiro atoms. The third kappa shape index (κ3) is 2.75. The minimum Gasteiger partial charge on any atom is -0.339 e. The van der Waals surface area contributed by atoms with E-state index in [1.54, 1.807) is 0 Å². The fourth-order valence-corrected chi connectivity index (χ4v) is 3.02. The molecule has 4 nitrogen and oxygen atoms in total. The number of aromatic nitrogens is 2. The first-order chi connectivity index (χ1) is 10.6. The number of halogens is 1. The van der Waals surface area contributed by atoms with E-state index in [0.29, 0.717) is 5.02 Å². The van der Waals surface area contributed by atoms with Crippen LogP contribution in [0.25, 0.3) is 5.69 Å². The molecule has 1 amide bonds. The molecule has 2 aromatic rings. The molecule has 0 saturated carbocycles. The average Bonchev–Trinajstić information content (AvgIpc) is 2.83. The summed E-state index contributed by atoms with van der Waals surface area (Å²) in [6, 6.07) is 7.59. The predicted octanol–water partition coefficient (Wildman–Crippen LogP) is 3.77. The van der Waals surface area contributed by atoms with Gasteiger partial charge in [0.05, 0.1) is 22.1 Å². The van der Waals surface area contributed by atoms with Crippen LogP contribution in [0.15, 0.2) is 24.3 Å². The van der Waals surface area contributed by atoms with Gasteiger partial charge in [0.25, 0.3) is 5.91 Å². The maximum atomic E-state index is 12.5. The van der Waals surface area contributed by atoms with Crippen molar-refractivity contribution < 1.29 is 4.79 Å². The zero-order valence-electron chi connectivity index (χ0n) is 13.0. The Morgan fingerprint density at radius 1 is 1.09 bits per heavy atom. The smallest absolute Gasteiger partial charge is 0.253 e. The van der Waals surface area contributed by atoms with Gasteiger partial charge in [0.15, 0.2) is 0 Å². The number of carbonyl (C=O) groups is 1. The van der Waals surface area contributed by atoms with Crippen molar-refractivity contribution in [3.8, 4) is 5.69 Å². The molecule has 22 heavy (non-hydrogen) atoms. The van der Waals surface area contributed by atoms with E-state index in [9.17, 15) is 4.79 Å². The van der Waals surface area contributed by atoms with Crippen LogP contribution in [0.2, 0.25) is 5.02 Å². The van der Waals surface area contributed by atoms with Crippen molar-refractivity contribution in [2.24, 2.45) is 0 Å². The van der Waals surface area contributed by atoms with Crippen molar-refractivity contribution >= 4 is 17.5 Å². The molecule has 0 atom stereocenters. The Bertz CT molecular complexity index is 685. The molecule has 3 rings (SSSR count). The first kappa shape index (κ1) is 15.1. The molecule has 0 N–H and O–H groups in total. The lowest BCUT2D eigenvalue weighted by Gasteiger charge is -2.26. The van der Waals surface area contributed by atoms with Crippen LogP contribution in [0.1, 0.15) is 41.0 Å². The molecule has 2 heterocycles. The molecule has 1 aromatic carbocycles. The Hall–Kier alpha value is -1.81. The van der Waals surface area contributed by atoms with Gasteiger partial charge in [-0.2, -0.15) is 5.10 Å². The van der Waals surface area contributed by atoms with E-state index < -0.39 is 0 Å². The quantitative estimate of drug-likeness (QED) is 0.845. The Kier molecular flexibility index (Phi) is 4.21. The minimum atomic E-state index is 0.123. The maximum Gasteiger partial charge on any atom is 0.253 e. The number of carbonyl (C=O) groups excluding carboxylic acids is 1. The lowest BCUT2D eigenvalue weighted by atomic mass is 10.1. The molecule has 0 bridgehead atoms. The van der Waals surface area contributed by atoms with Crippen molar-refractivity contribution in [1.29, 1.82) is 0 Å². The summed E-state index contributed by atoms with van der Waals surface area (Å²) in [5.41, 5.74) is 3.38. The molecule has 0 unspecified atom stereocenters. The summed E-state index contributed by atoms with van der Waals surface area (Å²) in [4.78, 5) is 14.4. The second-order valence-corrected chi connectivity index (χ2v) is 6.17. The number of benzene rings is 1. The number of aryl methyl sites for hydroxylation is 1. The number of hydrogen-bond acceptors (Lipinski definition) is 2. The van der Waals surface area contributed by atoms with E-state index in [0.717, 1.165) is 48.6 Å². The number of likely N-dealkylation sites (tertiary alicyclic amines) is 1.